The summed E-state index contributed by atoms with van der Waals surface area (Å²) in [6.07, 6.45) is 11.2. The largest absolute Gasteiger partial charge is 0.474 e. The first-order valence-corrected chi connectivity index (χ1v) is 11.6. The molecule has 5 nitrogen and oxygen atoms in total. The molecule has 0 radical (unpaired) electrons. The van der Waals surface area contributed by atoms with Crippen LogP contribution in [0.1, 0.15) is 12.8 Å². The number of sulfonamides is 1. The van der Waals surface area contributed by atoms with Crippen molar-refractivity contribution >= 4 is 20.1 Å². The maximum atomic E-state index is 11.5. The Morgan fingerprint density at radius 1 is 1.19 bits per heavy atom. The molecule has 0 bridgehead atoms. The van der Waals surface area contributed by atoms with Gasteiger partial charge in [-0.2, -0.15) is 0 Å². The predicted octanol–water partition coefficient (Wildman–Crippen LogP) is 1.94. The molecule has 0 aromatic carbocycles. The average Bonchev–Trinajstić information content (AvgIpc) is 2.37. The molecule has 0 N–H and O–H groups in total. The van der Waals surface area contributed by atoms with Gasteiger partial charge in [-0.1, -0.05) is 0 Å². The molecule has 1 aliphatic rings. The third-order valence-electron chi connectivity index (χ3n) is 3.57. The van der Waals surface area contributed by atoms with Gasteiger partial charge in [0.1, 0.15) is 6.10 Å². The lowest BCUT2D eigenvalue weighted by Gasteiger charge is -2.30. The first kappa shape index (κ1) is 16.6. The summed E-state index contributed by atoms with van der Waals surface area (Å²) in [6.45, 7) is 1.04. The minimum atomic E-state index is -3.08. The van der Waals surface area contributed by atoms with Crippen molar-refractivity contribution < 1.29 is 13.2 Å². The summed E-state index contributed by atoms with van der Waals surface area (Å²) in [5.74, 6) is 0.646. The van der Waals surface area contributed by atoms with Crippen molar-refractivity contribution in [1.82, 2.24) is 9.29 Å². The summed E-state index contributed by atoms with van der Waals surface area (Å²) in [4.78, 5) is 5.54. The molecule has 7 heteroatoms. The van der Waals surface area contributed by atoms with Gasteiger partial charge >= 0.3 is 0 Å². The molecule has 0 atom stereocenters. The minimum absolute atomic E-state index is 0.0423. The van der Waals surface area contributed by atoms with E-state index in [1.54, 1.807) is 6.20 Å². The van der Waals surface area contributed by atoms with Gasteiger partial charge in [-0.15, -0.1) is 0 Å². The summed E-state index contributed by atoms with van der Waals surface area (Å²) in [7, 11) is -3.88. The first-order valence-electron chi connectivity index (χ1n) is 6.92. The Morgan fingerprint density at radius 3 is 2.33 bits per heavy atom. The lowest BCUT2D eigenvalue weighted by Crippen LogP contribution is -2.41. The minimum Gasteiger partial charge on any atom is -0.474 e. The molecule has 1 aliphatic heterocycles. The van der Waals surface area contributed by atoms with Crippen molar-refractivity contribution in [2.45, 2.75) is 23.8 Å². The Kier molecular flexibility index (Phi) is 4.85. The fraction of sp³-hybridized carbons (Fsp3) is 0.643. The first-order chi connectivity index (χ1) is 9.66. The van der Waals surface area contributed by atoms with Crippen molar-refractivity contribution in [3.8, 4) is 5.88 Å². The van der Waals surface area contributed by atoms with E-state index >= 15 is 0 Å². The quantitative estimate of drug-likeness (QED) is 0.845. The van der Waals surface area contributed by atoms with Crippen LogP contribution in [0.2, 0.25) is 0 Å². The maximum Gasteiger partial charge on any atom is 0.214 e. The second kappa shape index (κ2) is 6.14. The van der Waals surface area contributed by atoms with Crippen LogP contribution in [0.15, 0.2) is 23.2 Å². The Labute approximate surface area is 129 Å². The molecule has 1 saturated heterocycles. The summed E-state index contributed by atoms with van der Waals surface area (Å²) in [5.41, 5.74) is 0. The van der Waals surface area contributed by atoms with E-state index < -0.39 is 20.1 Å². The van der Waals surface area contributed by atoms with E-state index in [1.165, 1.54) is 15.5 Å². The molecule has 0 amide bonds. The van der Waals surface area contributed by atoms with E-state index in [9.17, 15) is 8.42 Å². The second-order valence-corrected chi connectivity index (χ2v) is 12.3. The molecular weight excluding hydrogens is 308 g/mol. The van der Waals surface area contributed by atoms with Crippen LogP contribution in [0, 0.1) is 0 Å². The molecule has 21 heavy (non-hydrogen) atoms. The molecule has 1 fully saturated rings. The molecule has 0 unspecified atom stereocenters. The molecule has 1 aromatic rings. The number of ether oxygens (including phenoxy) is 1. The highest BCUT2D eigenvalue weighted by Crippen LogP contribution is 2.45. The van der Waals surface area contributed by atoms with Crippen molar-refractivity contribution in [1.29, 1.82) is 0 Å². The Balaban J connectivity index is 1.98. The molecule has 2 heterocycles. The normalized spacial score (nSPS) is 19.4. The van der Waals surface area contributed by atoms with Gasteiger partial charge in [0.15, 0.2) is 0 Å². The van der Waals surface area contributed by atoms with E-state index in [1.807, 2.05) is 12.1 Å². The summed E-state index contributed by atoms with van der Waals surface area (Å²) >= 11 is 0. The highest BCUT2D eigenvalue weighted by molar-refractivity contribution is 8.32. The van der Waals surface area contributed by atoms with Gasteiger partial charge in [0.05, 0.1) is 6.26 Å². The van der Waals surface area contributed by atoms with Gasteiger partial charge in [-0.3, -0.25) is 0 Å². The summed E-state index contributed by atoms with van der Waals surface area (Å²) in [5, 5.41) is 0. The zero-order chi connectivity index (χ0) is 15.7. The number of hydrogen-bond acceptors (Lipinski definition) is 4. The number of piperidine rings is 1. The van der Waals surface area contributed by atoms with Crippen LogP contribution < -0.4 is 4.74 Å². The fourth-order valence-electron chi connectivity index (χ4n) is 2.29. The number of pyridine rings is 1. The van der Waals surface area contributed by atoms with E-state index in [4.69, 9.17) is 4.74 Å². The highest BCUT2D eigenvalue weighted by Gasteiger charge is 2.26. The van der Waals surface area contributed by atoms with E-state index in [0.717, 1.165) is 0 Å². The van der Waals surface area contributed by atoms with Crippen LogP contribution in [0.4, 0.5) is 0 Å². The predicted molar refractivity (Wildman–Crippen MR) is 87.9 cm³/mol. The van der Waals surface area contributed by atoms with Crippen molar-refractivity contribution in [3.63, 3.8) is 0 Å². The fourth-order valence-corrected chi connectivity index (χ4v) is 4.09. The summed E-state index contributed by atoms with van der Waals surface area (Å²) < 4.78 is 30.4. The van der Waals surface area contributed by atoms with Crippen LogP contribution >= 0.6 is 10.0 Å². The summed E-state index contributed by atoms with van der Waals surface area (Å²) in [6, 6.07) is 4.05. The number of aromatic nitrogens is 1. The van der Waals surface area contributed by atoms with Gasteiger partial charge in [-0.05, 0) is 42.6 Å². The lowest BCUT2D eigenvalue weighted by molar-refractivity contribution is 0.130. The maximum absolute atomic E-state index is 11.5. The Morgan fingerprint density at radius 2 is 1.81 bits per heavy atom. The SMILES string of the molecule is CS(C)(C)c1ccnc(OC2CCN(S(C)(=O)=O)CC2)c1. The molecular formula is C14H24N2O3S2. The zero-order valence-corrected chi connectivity index (χ0v) is 14.7. The lowest BCUT2D eigenvalue weighted by atomic mass is 10.1. The third kappa shape index (κ3) is 4.59. The monoisotopic (exact) mass is 332 g/mol. The highest BCUT2D eigenvalue weighted by atomic mass is 32.3. The molecule has 0 spiro atoms. The van der Waals surface area contributed by atoms with Crippen LogP contribution in [0.5, 0.6) is 5.88 Å². The van der Waals surface area contributed by atoms with Crippen molar-refractivity contribution in [2.24, 2.45) is 0 Å². The second-order valence-electron chi connectivity index (χ2n) is 6.15. The molecule has 120 valence electrons. The smallest absolute Gasteiger partial charge is 0.214 e. The van der Waals surface area contributed by atoms with Gasteiger partial charge in [0.2, 0.25) is 15.9 Å². The van der Waals surface area contributed by atoms with Crippen LogP contribution in [-0.2, 0) is 10.0 Å². The van der Waals surface area contributed by atoms with Crippen LogP contribution in [0.3, 0.4) is 0 Å². The standard InChI is InChI=1S/C14H24N2O3S2/c1-20(2,3)13-5-8-15-14(11-13)19-12-6-9-16(10-7-12)21(4,17)18/h5,8,11-12H,6-7,9-10H2,1-4H3. The van der Waals surface area contributed by atoms with Gasteiger partial charge in [0.25, 0.3) is 0 Å². The molecule has 0 aliphatic carbocycles. The molecule has 0 saturated carbocycles. The van der Waals surface area contributed by atoms with Crippen molar-refractivity contribution in [3.05, 3.63) is 18.3 Å². The Hall–Kier alpha value is -0.790. The number of nitrogens with zero attached hydrogens (tertiary/aromatic N) is 2. The number of hydrogen-bond donors (Lipinski definition) is 0. The van der Waals surface area contributed by atoms with Crippen molar-refractivity contribution in [2.75, 3.05) is 38.1 Å². The van der Waals surface area contributed by atoms with E-state index in [-0.39, 0.29) is 6.10 Å². The molecule has 2 rings (SSSR count). The molecule has 1 aromatic heterocycles. The number of rotatable bonds is 4. The van der Waals surface area contributed by atoms with E-state index in [2.05, 4.69) is 23.8 Å². The van der Waals surface area contributed by atoms with Gasteiger partial charge in [0, 0.05) is 25.4 Å². The van der Waals surface area contributed by atoms with Crippen LogP contribution in [0.25, 0.3) is 0 Å². The zero-order valence-electron chi connectivity index (χ0n) is 13.1. The van der Waals surface area contributed by atoms with Gasteiger partial charge in [-0.25, -0.2) is 27.7 Å². The third-order valence-corrected chi connectivity index (χ3v) is 6.54. The topological polar surface area (TPSA) is 59.5 Å². The van der Waals surface area contributed by atoms with E-state index in [0.29, 0.717) is 31.8 Å². The average molecular weight is 332 g/mol. The van der Waals surface area contributed by atoms with Crippen LogP contribution in [-0.4, -0.2) is 61.9 Å². The van der Waals surface area contributed by atoms with Gasteiger partial charge < -0.3 is 4.74 Å². The Bertz CT molecular complexity index is 588.